The van der Waals surface area contributed by atoms with E-state index in [1.807, 2.05) is 25.1 Å². The van der Waals surface area contributed by atoms with Crippen LogP contribution in [0, 0.1) is 0 Å². The van der Waals surface area contributed by atoms with E-state index >= 15 is 0 Å². The Labute approximate surface area is 141 Å². The van der Waals surface area contributed by atoms with Gasteiger partial charge in [0, 0.05) is 37.7 Å². The minimum Gasteiger partial charge on any atom is -0.331 e. The van der Waals surface area contributed by atoms with Gasteiger partial charge in [-0.05, 0) is 42.3 Å². The molecule has 1 unspecified atom stereocenters. The molecule has 1 aromatic heterocycles. The molecule has 0 aliphatic rings. The largest absolute Gasteiger partial charge is 0.331 e. The number of benzene rings is 1. The number of amides is 3. The predicted octanol–water partition coefficient (Wildman–Crippen LogP) is 3.34. The SMILES string of the molecule is CCC(NC(=O)Nc1cccc(N(C)C(C)=O)c1)c1ccncc1. The van der Waals surface area contributed by atoms with Crippen molar-refractivity contribution in [3.63, 3.8) is 0 Å². The molecule has 6 nitrogen and oxygen atoms in total. The van der Waals surface area contributed by atoms with Gasteiger partial charge in [-0.15, -0.1) is 0 Å². The van der Waals surface area contributed by atoms with Crippen molar-refractivity contribution < 1.29 is 9.59 Å². The third-order valence-corrected chi connectivity index (χ3v) is 3.79. The maximum Gasteiger partial charge on any atom is 0.319 e. The molecule has 0 radical (unpaired) electrons. The number of carbonyl (C=O) groups excluding carboxylic acids is 2. The van der Waals surface area contributed by atoms with Gasteiger partial charge in [0.05, 0.1) is 6.04 Å². The summed E-state index contributed by atoms with van der Waals surface area (Å²) >= 11 is 0. The van der Waals surface area contributed by atoms with E-state index in [9.17, 15) is 9.59 Å². The van der Waals surface area contributed by atoms with Crippen LogP contribution in [0.1, 0.15) is 31.9 Å². The second kappa shape index (κ2) is 8.10. The summed E-state index contributed by atoms with van der Waals surface area (Å²) in [5, 5.41) is 5.75. The quantitative estimate of drug-likeness (QED) is 0.885. The number of pyridine rings is 1. The molecule has 1 aromatic carbocycles. The lowest BCUT2D eigenvalue weighted by Gasteiger charge is -2.19. The fraction of sp³-hybridized carbons (Fsp3) is 0.278. The number of hydrogen-bond donors (Lipinski definition) is 2. The van der Waals surface area contributed by atoms with Gasteiger partial charge >= 0.3 is 6.03 Å². The van der Waals surface area contributed by atoms with Gasteiger partial charge in [0.2, 0.25) is 5.91 Å². The average Bonchev–Trinajstić information content (AvgIpc) is 2.59. The maximum atomic E-state index is 12.3. The van der Waals surface area contributed by atoms with E-state index in [0.29, 0.717) is 5.69 Å². The fourth-order valence-electron chi connectivity index (χ4n) is 2.32. The summed E-state index contributed by atoms with van der Waals surface area (Å²) in [6.45, 7) is 3.50. The van der Waals surface area contributed by atoms with Crippen molar-refractivity contribution in [3.05, 3.63) is 54.4 Å². The second-order valence-corrected chi connectivity index (χ2v) is 5.47. The van der Waals surface area contributed by atoms with Gasteiger partial charge in [0.15, 0.2) is 0 Å². The number of anilines is 2. The zero-order valence-electron chi connectivity index (χ0n) is 14.1. The summed E-state index contributed by atoms with van der Waals surface area (Å²) in [5.41, 5.74) is 2.36. The fourth-order valence-corrected chi connectivity index (χ4v) is 2.32. The molecule has 1 heterocycles. The van der Waals surface area contributed by atoms with Gasteiger partial charge in [-0.25, -0.2) is 4.79 Å². The molecule has 0 bridgehead atoms. The van der Waals surface area contributed by atoms with Crippen molar-refractivity contribution in [3.8, 4) is 0 Å². The van der Waals surface area contributed by atoms with Crippen molar-refractivity contribution in [1.82, 2.24) is 10.3 Å². The Balaban J connectivity index is 2.04. The molecule has 2 rings (SSSR count). The summed E-state index contributed by atoms with van der Waals surface area (Å²) in [5.74, 6) is -0.0691. The third kappa shape index (κ3) is 4.55. The minimum atomic E-state index is -0.290. The Morgan fingerprint density at radius 1 is 1.21 bits per heavy atom. The molecule has 1 atom stereocenters. The molecule has 0 fully saturated rings. The van der Waals surface area contributed by atoms with Crippen LogP contribution in [0.4, 0.5) is 16.2 Å². The minimum absolute atomic E-state index is 0.0691. The van der Waals surface area contributed by atoms with E-state index < -0.39 is 0 Å². The molecular formula is C18H22N4O2. The first kappa shape index (κ1) is 17.5. The predicted molar refractivity (Wildman–Crippen MR) is 94.9 cm³/mol. The van der Waals surface area contributed by atoms with E-state index in [1.54, 1.807) is 37.6 Å². The normalized spacial score (nSPS) is 11.5. The van der Waals surface area contributed by atoms with E-state index in [-0.39, 0.29) is 18.0 Å². The van der Waals surface area contributed by atoms with Gasteiger partial charge in [0.1, 0.15) is 0 Å². The van der Waals surface area contributed by atoms with Crippen molar-refractivity contribution in [1.29, 1.82) is 0 Å². The molecule has 2 aromatic rings. The number of nitrogens with zero attached hydrogens (tertiary/aromatic N) is 2. The summed E-state index contributed by atoms with van der Waals surface area (Å²) in [4.78, 5) is 29.2. The Morgan fingerprint density at radius 2 is 1.92 bits per heavy atom. The van der Waals surface area contributed by atoms with Gasteiger partial charge in [-0.2, -0.15) is 0 Å². The van der Waals surface area contributed by atoms with Gasteiger partial charge in [0.25, 0.3) is 0 Å². The van der Waals surface area contributed by atoms with Crippen LogP contribution in [-0.2, 0) is 4.79 Å². The summed E-state index contributed by atoms with van der Waals surface area (Å²) in [6.07, 6.45) is 4.18. The van der Waals surface area contributed by atoms with Crippen molar-refractivity contribution in [2.24, 2.45) is 0 Å². The molecular weight excluding hydrogens is 304 g/mol. The van der Waals surface area contributed by atoms with Crippen LogP contribution in [0.15, 0.2) is 48.8 Å². The molecule has 6 heteroatoms. The molecule has 0 aliphatic heterocycles. The molecule has 0 aliphatic carbocycles. The lowest BCUT2D eigenvalue weighted by molar-refractivity contribution is -0.116. The summed E-state index contributed by atoms with van der Waals surface area (Å²) in [6, 6.07) is 10.5. The van der Waals surface area contributed by atoms with Crippen LogP contribution >= 0.6 is 0 Å². The van der Waals surface area contributed by atoms with Gasteiger partial charge in [-0.1, -0.05) is 13.0 Å². The number of urea groups is 1. The lowest BCUT2D eigenvalue weighted by atomic mass is 10.1. The topological polar surface area (TPSA) is 74.3 Å². The zero-order chi connectivity index (χ0) is 17.5. The first-order valence-electron chi connectivity index (χ1n) is 7.83. The van der Waals surface area contributed by atoms with Gasteiger partial charge < -0.3 is 15.5 Å². The highest BCUT2D eigenvalue weighted by Crippen LogP contribution is 2.19. The highest BCUT2D eigenvalue weighted by atomic mass is 16.2. The lowest BCUT2D eigenvalue weighted by Crippen LogP contribution is -2.32. The number of hydrogen-bond acceptors (Lipinski definition) is 3. The molecule has 3 amide bonds. The molecule has 0 spiro atoms. The van der Waals surface area contributed by atoms with E-state index in [1.165, 1.54) is 11.8 Å². The first-order chi connectivity index (χ1) is 11.5. The Kier molecular flexibility index (Phi) is 5.89. The van der Waals surface area contributed by atoms with E-state index in [4.69, 9.17) is 0 Å². The number of rotatable bonds is 5. The Bertz CT molecular complexity index is 703. The summed E-state index contributed by atoms with van der Waals surface area (Å²) < 4.78 is 0. The highest BCUT2D eigenvalue weighted by Gasteiger charge is 2.13. The molecule has 0 saturated heterocycles. The monoisotopic (exact) mass is 326 g/mol. The van der Waals surface area contributed by atoms with Crippen molar-refractivity contribution in [2.45, 2.75) is 26.3 Å². The van der Waals surface area contributed by atoms with E-state index in [0.717, 1.165) is 17.7 Å². The Morgan fingerprint density at radius 3 is 2.54 bits per heavy atom. The second-order valence-electron chi connectivity index (χ2n) is 5.47. The Hall–Kier alpha value is -2.89. The van der Waals surface area contributed by atoms with Crippen LogP contribution < -0.4 is 15.5 Å². The molecule has 24 heavy (non-hydrogen) atoms. The molecule has 0 saturated carbocycles. The van der Waals surface area contributed by atoms with Gasteiger partial charge in [-0.3, -0.25) is 9.78 Å². The maximum absolute atomic E-state index is 12.3. The summed E-state index contributed by atoms with van der Waals surface area (Å²) in [7, 11) is 1.69. The first-order valence-corrected chi connectivity index (χ1v) is 7.83. The third-order valence-electron chi connectivity index (χ3n) is 3.79. The number of nitrogens with one attached hydrogen (secondary N) is 2. The van der Waals surface area contributed by atoms with Crippen LogP contribution in [0.3, 0.4) is 0 Å². The smallest absolute Gasteiger partial charge is 0.319 e. The number of carbonyl (C=O) groups is 2. The van der Waals surface area contributed by atoms with Crippen LogP contribution in [0.25, 0.3) is 0 Å². The van der Waals surface area contributed by atoms with Crippen molar-refractivity contribution >= 4 is 23.3 Å². The highest BCUT2D eigenvalue weighted by molar-refractivity contribution is 5.93. The van der Waals surface area contributed by atoms with E-state index in [2.05, 4.69) is 15.6 Å². The van der Waals surface area contributed by atoms with Crippen LogP contribution in [0.2, 0.25) is 0 Å². The molecule has 126 valence electrons. The van der Waals surface area contributed by atoms with Crippen LogP contribution in [0.5, 0.6) is 0 Å². The van der Waals surface area contributed by atoms with Crippen LogP contribution in [-0.4, -0.2) is 24.0 Å². The zero-order valence-corrected chi connectivity index (χ0v) is 14.1. The standard InChI is InChI=1S/C18H22N4O2/c1-4-17(14-8-10-19-11-9-14)21-18(24)20-15-6-5-7-16(12-15)22(3)13(2)23/h5-12,17H,4H2,1-3H3,(H2,20,21,24). The average molecular weight is 326 g/mol. The molecule has 2 N–H and O–H groups in total. The van der Waals surface area contributed by atoms with Crippen molar-refractivity contribution in [2.75, 3.05) is 17.3 Å². The number of aromatic nitrogens is 1.